The van der Waals surface area contributed by atoms with Crippen LogP contribution in [-0.4, -0.2) is 64.0 Å². The van der Waals surface area contributed by atoms with Crippen LogP contribution in [0.4, 0.5) is 0 Å². The van der Waals surface area contributed by atoms with Crippen LogP contribution in [0.5, 0.6) is 11.5 Å². The van der Waals surface area contributed by atoms with Crippen molar-refractivity contribution in [1.29, 1.82) is 0 Å². The molecule has 6 rings (SSSR count). The third-order valence-electron chi connectivity index (χ3n) is 8.38. The standard InChI is InChI=1S/C30H31NO9/c1-12-9-16-21(17(32)10-12)24-25(23-15(6-4-8-31)30(37)40-29(16)23)28(36)22-14(27(24)35)5-3-7-19(22)39-20-11-18(33)26(34)13(2)38-20/h3,5,7,9-10,13,15,18,20,23,26,29,32-34H,4,6,8,11,31H2,1-2H3/t13-,15-,18+,20?,23?,26-,29+/m0/s1. The number of aliphatic hydroxyl groups excluding tert-OH is 2. The maximum atomic E-state index is 14.4. The number of phenolic OH excluding ortho intramolecular Hbond substituents is 1. The molecule has 2 unspecified atom stereocenters. The van der Waals surface area contributed by atoms with Crippen molar-refractivity contribution in [3.8, 4) is 11.5 Å². The van der Waals surface area contributed by atoms with Crippen LogP contribution in [0.1, 0.15) is 69.7 Å². The molecule has 0 bridgehead atoms. The van der Waals surface area contributed by atoms with Gasteiger partial charge in [-0.15, -0.1) is 0 Å². The minimum atomic E-state index is -1.09. The van der Waals surface area contributed by atoms with E-state index in [-0.39, 0.29) is 45.8 Å². The monoisotopic (exact) mass is 549 g/mol. The summed E-state index contributed by atoms with van der Waals surface area (Å²) in [5.41, 5.74) is 7.46. The Morgan fingerprint density at radius 1 is 1.10 bits per heavy atom. The van der Waals surface area contributed by atoms with Crippen LogP contribution in [0.25, 0.3) is 5.57 Å². The molecule has 2 fully saturated rings. The summed E-state index contributed by atoms with van der Waals surface area (Å²) < 4.78 is 17.5. The fraction of sp³-hybridized carbons (Fsp3) is 0.433. The lowest BCUT2D eigenvalue weighted by atomic mass is 9.65. The molecule has 10 nitrogen and oxygen atoms in total. The fourth-order valence-electron chi connectivity index (χ4n) is 6.55. The minimum Gasteiger partial charge on any atom is -0.507 e. The maximum Gasteiger partial charge on any atom is 0.310 e. The molecule has 2 aliphatic carbocycles. The van der Waals surface area contributed by atoms with Gasteiger partial charge in [0, 0.05) is 40.2 Å². The van der Waals surface area contributed by atoms with Gasteiger partial charge in [-0.25, -0.2) is 0 Å². The third-order valence-corrected chi connectivity index (χ3v) is 8.38. The largest absolute Gasteiger partial charge is 0.507 e. The molecular formula is C30H31NO9. The zero-order valence-electron chi connectivity index (χ0n) is 22.1. The molecule has 10 heteroatoms. The quantitative estimate of drug-likeness (QED) is 0.407. The van der Waals surface area contributed by atoms with E-state index in [0.29, 0.717) is 24.9 Å². The second-order valence-electron chi connectivity index (χ2n) is 11.0. The van der Waals surface area contributed by atoms with E-state index in [2.05, 4.69) is 0 Å². The van der Waals surface area contributed by atoms with Gasteiger partial charge in [-0.1, -0.05) is 18.2 Å². The van der Waals surface area contributed by atoms with E-state index in [1.54, 1.807) is 26.0 Å². The second kappa shape index (κ2) is 9.81. The highest BCUT2D eigenvalue weighted by atomic mass is 16.7. The van der Waals surface area contributed by atoms with E-state index in [1.807, 2.05) is 0 Å². The predicted octanol–water partition coefficient (Wildman–Crippen LogP) is 2.35. The highest BCUT2D eigenvalue weighted by Crippen LogP contribution is 2.57. The molecule has 2 aliphatic heterocycles. The fourth-order valence-corrected chi connectivity index (χ4v) is 6.55. The molecule has 40 heavy (non-hydrogen) atoms. The van der Waals surface area contributed by atoms with Gasteiger partial charge in [0.1, 0.15) is 23.7 Å². The van der Waals surface area contributed by atoms with Gasteiger partial charge in [-0.3, -0.25) is 14.4 Å². The van der Waals surface area contributed by atoms with Crippen LogP contribution in [0.3, 0.4) is 0 Å². The van der Waals surface area contributed by atoms with Gasteiger partial charge in [-0.2, -0.15) is 0 Å². The number of fused-ring (bicyclic) bond motifs is 6. The zero-order chi connectivity index (χ0) is 28.5. The number of rotatable bonds is 5. The number of hydrogen-bond acceptors (Lipinski definition) is 10. The van der Waals surface area contributed by atoms with Crippen molar-refractivity contribution < 1.29 is 43.9 Å². The summed E-state index contributed by atoms with van der Waals surface area (Å²) >= 11 is 0. The Balaban J connectivity index is 1.50. The van der Waals surface area contributed by atoms with Gasteiger partial charge in [0.05, 0.1) is 23.7 Å². The van der Waals surface area contributed by atoms with Crippen LogP contribution < -0.4 is 10.5 Å². The number of hydrogen-bond donors (Lipinski definition) is 4. The summed E-state index contributed by atoms with van der Waals surface area (Å²) in [6, 6.07) is 7.94. The molecule has 0 aromatic heterocycles. The zero-order valence-corrected chi connectivity index (χ0v) is 22.1. The number of Topliss-reactive ketones (excluding diaryl/α,β-unsaturated/α-hetero) is 2. The van der Waals surface area contributed by atoms with Crippen molar-refractivity contribution in [3.63, 3.8) is 0 Å². The molecule has 2 heterocycles. The smallest absolute Gasteiger partial charge is 0.310 e. The van der Waals surface area contributed by atoms with Crippen molar-refractivity contribution in [2.24, 2.45) is 17.6 Å². The molecule has 2 saturated heterocycles. The Kier molecular flexibility index (Phi) is 6.53. The lowest BCUT2D eigenvalue weighted by Crippen LogP contribution is -2.48. The number of ketones is 2. The molecule has 7 atom stereocenters. The average Bonchev–Trinajstić information content (AvgIpc) is 3.24. The first-order valence-corrected chi connectivity index (χ1v) is 13.5. The minimum absolute atomic E-state index is 0.0221. The molecule has 5 N–H and O–H groups in total. The second-order valence-corrected chi connectivity index (χ2v) is 11.0. The number of carbonyl (C=O) groups excluding carboxylic acids is 3. The maximum absolute atomic E-state index is 14.4. The number of ether oxygens (including phenoxy) is 3. The van der Waals surface area contributed by atoms with Crippen molar-refractivity contribution in [2.45, 2.75) is 63.8 Å². The third kappa shape index (κ3) is 3.97. The van der Waals surface area contributed by atoms with Gasteiger partial charge in [0.25, 0.3) is 0 Å². The van der Waals surface area contributed by atoms with Gasteiger partial charge < -0.3 is 35.3 Å². The lowest BCUT2D eigenvalue weighted by Gasteiger charge is -2.37. The Morgan fingerprint density at radius 2 is 1.88 bits per heavy atom. The average molecular weight is 550 g/mol. The first-order chi connectivity index (χ1) is 19.1. The number of aryl methyl sites for hydroxylation is 1. The van der Waals surface area contributed by atoms with E-state index in [1.165, 1.54) is 18.2 Å². The van der Waals surface area contributed by atoms with Crippen molar-refractivity contribution in [3.05, 3.63) is 63.7 Å². The van der Waals surface area contributed by atoms with E-state index in [0.717, 1.165) is 5.56 Å². The summed E-state index contributed by atoms with van der Waals surface area (Å²) in [6.07, 6.45) is -3.85. The molecule has 0 spiro atoms. The molecule has 0 saturated carbocycles. The highest BCUT2D eigenvalue weighted by molar-refractivity contribution is 6.42. The number of phenols is 1. The van der Waals surface area contributed by atoms with Crippen LogP contribution in [0, 0.1) is 18.8 Å². The van der Waals surface area contributed by atoms with Crippen molar-refractivity contribution in [1.82, 2.24) is 0 Å². The molecule has 4 aliphatic rings. The summed E-state index contributed by atoms with van der Waals surface area (Å²) in [5.74, 6) is -2.97. The van der Waals surface area contributed by atoms with E-state index in [4.69, 9.17) is 19.9 Å². The van der Waals surface area contributed by atoms with Crippen molar-refractivity contribution >= 4 is 23.1 Å². The SMILES string of the molecule is Cc1cc(O)c2c(c1)[C@H]1OC(=O)[C@@H](CCCN)C1C1=C2C(=O)c2cccc(OC3C[C@@H](O)[C@@H](O)[C@H](C)O3)c2C1=O. The number of aliphatic hydroxyl groups is 2. The first-order valence-electron chi connectivity index (χ1n) is 13.5. The summed E-state index contributed by atoms with van der Waals surface area (Å²) in [4.78, 5) is 41.7. The number of aromatic hydroxyl groups is 1. The van der Waals surface area contributed by atoms with Crippen LogP contribution >= 0.6 is 0 Å². The Labute approximate surface area is 230 Å². The van der Waals surface area contributed by atoms with Crippen LogP contribution in [-0.2, 0) is 14.3 Å². The molecule has 210 valence electrons. The van der Waals surface area contributed by atoms with E-state index >= 15 is 0 Å². The Bertz CT molecular complexity index is 1450. The summed E-state index contributed by atoms with van der Waals surface area (Å²) in [5, 5.41) is 31.3. The van der Waals surface area contributed by atoms with Crippen molar-refractivity contribution in [2.75, 3.05) is 6.54 Å². The highest BCUT2D eigenvalue weighted by Gasteiger charge is 2.55. The van der Waals surface area contributed by atoms with Gasteiger partial charge in [0.2, 0.25) is 6.29 Å². The van der Waals surface area contributed by atoms with Gasteiger partial charge in [-0.05, 0) is 50.9 Å². The molecule has 2 aromatic rings. The van der Waals surface area contributed by atoms with Crippen LogP contribution in [0.2, 0.25) is 0 Å². The van der Waals surface area contributed by atoms with E-state index < -0.39 is 60.1 Å². The number of allylic oxidation sites excluding steroid dienone is 1. The number of benzene rings is 2. The molecular weight excluding hydrogens is 518 g/mol. The Morgan fingerprint density at radius 3 is 2.60 bits per heavy atom. The van der Waals surface area contributed by atoms with Gasteiger partial charge >= 0.3 is 5.97 Å². The Hall–Kier alpha value is -3.57. The molecule has 0 radical (unpaired) electrons. The number of nitrogens with two attached hydrogens (primary N) is 1. The predicted molar refractivity (Wildman–Crippen MR) is 141 cm³/mol. The summed E-state index contributed by atoms with van der Waals surface area (Å²) in [7, 11) is 0. The first kappa shape index (κ1) is 26.6. The van der Waals surface area contributed by atoms with Crippen LogP contribution in [0.15, 0.2) is 35.9 Å². The normalized spacial score (nSPS) is 30.8. The lowest BCUT2D eigenvalue weighted by molar-refractivity contribution is -0.216. The topological polar surface area (TPSA) is 166 Å². The molecule has 0 amide bonds. The van der Waals surface area contributed by atoms with Gasteiger partial charge in [0.15, 0.2) is 11.6 Å². The molecule has 2 aromatic carbocycles. The number of carbonyl (C=O) groups is 3. The van der Waals surface area contributed by atoms with E-state index in [9.17, 15) is 29.7 Å². The summed E-state index contributed by atoms with van der Waals surface area (Å²) in [6.45, 7) is 3.73. The number of esters is 1.